The molecular weight excluding hydrogens is 302 g/mol. The lowest BCUT2D eigenvalue weighted by Gasteiger charge is -2.25. The number of pyridine rings is 1. The summed E-state index contributed by atoms with van der Waals surface area (Å²) in [4.78, 5) is 18.8. The third kappa shape index (κ3) is 3.83. The molecule has 24 heavy (non-hydrogen) atoms. The third-order valence-electron chi connectivity index (χ3n) is 4.98. The van der Waals surface area contributed by atoms with Crippen molar-refractivity contribution in [2.75, 3.05) is 6.54 Å². The summed E-state index contributed by atoms with van der Waals surface area (Å²) in [5.74, 6) is 1.09. The van der Waals surface area contributed by atoms with E-state index in [1.807, 2.05) is 26.2 Å². The molecule has 128 valence electrons. The normalized spacial score (nSPS) is 17.4. The molecule has 0 radical (unpaired) electrons. The molecular formula is C19H25N3O2. The first-order valence-electron chi connectivity index (χ1n) is 8.75. The highest BCUT2D eigenvalue weighted by molar-refractivity contribution is 5.77. The van der Waals surface area contributed by atoms with Crippen molar-refractivity contribution in [3.8, 4) is 0 Å². The van der Waals surface area contributed by atoms with Gasteiger partial charge in [-0.05, 0) is 63.6 Å². The predicted molar refractivity (Wildman–Crippen MR) is 91.6 cm³/mol. The van der Waals surface area contributed by atoms with Crippen molar-refractivity contribution >= 4 is 5.91 Å². The lowest BCUT2D eigenvalue weighted by Crippen LogP contribution is -2.36. The van der Waals surface area contributed by atoms with Crippen molar-refractivity contribution in [1.29, 1.82) is 0 Å². The number of aryl methyl sites for hydroxylation is 3. The number of aromatic nitrogens is 2. The second kappa shape index (κ2) is 7.60. The van der Waals surface area contributed by atoms with E-state index in [0.717, 1.165) is 49.2 Å². The molecule has 1 saturated heterocycles. The van der Waals surface area contributed by atoms with E-state index in [1.54, 1.807) is 0 Å². The third-order valence-corrected chi connectivity index (χ3v) is 4.98. The second-order valence-corrected chi connectivity index (χ2v) is 6.58. The Kier molecular flexibility index (Phi) is 5.28. The standard InChI is InChI=1S/C19H25N3O2/c1-14-18(15(2)24-21-14)7-8-19(23)22-13-3-4-17(22)6-5-16-9-11-20-12-10-16/h9-12,17H,3-8,13H2,1-2H3/t17-/m0/s1. The van der Waals surface area contributed by atoms with Crippen LogP contribution in [0.1, 0.15) is 48.3 Å². The number of carbonyl (C=O) groups is 1. The molecule has 1 atom stereocenters. The van der Waals surface area contributed by atoms with Gasteiger partial charge in [-0.2, -0.15) is 0 Å². The highest BCUT2D eigenvalue weighted by atomic mass is 16.5. The van der Waals surface area contributed by atoms with Crippen LogP contribution in [0.5, 0.6) is 0 Å². The van der Waals surface area contributed by atoms with Crippen LogP contribution in [0, 0.1) is 13.8 Å². The summed E-state index contributed by atoms with van der Waals surface area (Å²) in [7, 11) is 0. The van der Waals surface area contributed by atoms with Gasteiger partial charge in [0.1, 0.15) is 5.76 Å². The van der Waals surface area contributed by atoms with Crippen molar-refractivity contribution in [1.82, 2.24) is 15.0 Å². The zero-order valence-electron chi connectivity index (χ0n) is 14.5. The molecule has 1 aliphatic rings. The Bertz CT molecular complexity index is 662. The number of hydrogen-bond donors (Lipinski definition) is 0. The van der Waals surface area contributed by atoms with Gasteiger partial charge in [0.25, 0.3) is 0 Å². The number of rotatable bonds is 6. The quantitative estimate of drug-likeness (QED) is 0.817. The lowest BCUT2D eigenvalue weighted by molar-refractivity contribution is -0.132. The van der Waals surface area contributed by atoms with E-state index in [2.05, 4.69) is 27.2 Å². The van der Waals surface area contributed by atoms with Crippen LogP contribution < -0.4 is 0 Å². The fraction of sp³-hybridized carbons (Fsp3) is 0.526. The van der Waals surface area contributed by atoms with Crippen molar-refractivity contribution in [3.05, 3.63) is 47.1 Å². The molecule has 5 heteroatoms. The highest BCUT2D eigenvalue weighted by Gasteiger charge is 2.28. The minimum absolute atomic E-state index is 0.257. The van der Waals surface area contributed by atoms with Gasteiger partial charge >= 0.3 is 0 Å². The van der Waals surface area contributed by atoms with Crippen LogP contribution in [0.2, 0.25) is 0 Å². The predicted octanol–water partition coefficient (Wildman–Crippen LogP) is 3.24. The van der Waals surface area contributed by atoms with Crippen molar-refractivity contribution in [2.24, 2.45) is 0 Å². The van der Waals surface area contributed by atoms with Gasteiger partial charge in [-0.25, -0.2) is 0 Å². The molecule has 0 aliphatic carbocycles. The summed E-state index contributed by atoms with van der Waals surface area (Å²) in [6, 6.07) is 4.48. The van der Waals surface area contributed by atoms with E-state index in [0.29, 0.717) is 18.9 Å². The molecule has 0 N–H and O–H groups in total. The first-order chi connectivity index (χ1) is 11.6. The van der Waals surface area contributed by atoms with Gasteiger partial charge in [0.2, 0.25) is 5.91 Å². The molecule has 3 heterocycles. The Labute approximate surface area is 143 Å². The summed E-state index contributed by atoms with van der Waals surface area (Å²) in [6.45, 7) is 4.73. The maximum Gasteiger partial charge on any atom is 0.223 e. The molecule has 0 aromatic carbocycles. The molecule has 2 aromatic heterocycles. The van der Waals surface area contributed by atoms with E-state index in [4.69, 9.17) is 4.52 Å². The maximum atomic E-state index is 12.6. The fourth-order valence-electron chi connectivity index (χ4n) is 3.58. The smallest absolute Gasteiger partial charge is 0.223 e. The van der Waals surface area contributed by atoms with Crippen LogP contribution in [0.15, 0.2) is 29.0 Å². The Morgan fingerprint density at radius 1 is 1.29 bits per heavy atom. The van der Waals surface area contributed by atoms with E-state index in [9.17, 15) is 4.79 Å². The molecule has 0 spiro atoms. The maximum absolute atomic E-state index is 12.6. The average Bonchev–Trinajstić information content (AvgIpc) is 3.19. The van der Waals surface area contributed by atoms with Crippen LogP contribution in [0.3, 0.4) is 0 Å². The van der Waals surface area contributed by atoms with Gasteiger partial charge in [0.05, 0.1) is 5.69 Å². The van der Waals surface area contributed by atoms with E-state index in [-0.39, 0.29) is 5.91 Å². The van der Waals surface area contributed by atoms with Crippen LogP contribution in [-0.2, 0) is 17.6 Å². The summed E-state index contributed by atoms with van der Waals surface area (Å²) in [6.07, 6.45) is 9.16. The fourth-order valence-corrected chi connectivity index (χ4v) is 3.58. The molecule has 1 aliphatic heterocycles. The van der Waals surface area contributed by atoms with Gasteiger partial charge in [-0.1, -0.05) is 5.16 Å². The summed E-state index contributed by atoms with van der Waals surface area (Å²) < 4.78 is 5.18. The topological polar surface area (TPSA) is 59.2 Å². The minimum Gasteiger partial charge on any atom is -0.361 e. The Morgan fingerprint density at radius 3 is 2.79 bits per heavy atom. The van der Waals surface area contributed by atoms with Crippen molar-refractivity contribution < 1.29 is 9.32 Å². The zero-order valence-corrected chi connectivity index (χ0v) is 14.5. The number of likely N-dealkylation sites (tertiary alicyclic amines) is 1. The SMILES string of the molecule is Cc1noc(C)c1CCC(=O)N1CCC[C@H]1CCc1ccncc1. The summed E-state index contributed by atoms with van der Waals surface area (Å²) in [5.41, 5.74) is 3.27. The Hall–Kier alpha value is -2.17. The van der Waals surface area contributed by atoms with Crippen LogP contribution in [0.25, 0.3) is 0 Å². The first-order valence-corrected chi connectivity index (χ1v) is 8.75. The van der Waals surface area contributed by atoms with Crippen LogP contribution >= 0.6 is 0 Å². The molecule has 5 nitrogen and oxygen atoms in total. The largest absolute Gasteiger partial charge is 0.361 e. The molecule has 0 saturated carbocycles. The highest BCUT2D eigenvalue weighted by Crippen LogP contribution is 2.24. The van der Waals surface area contributed by atoms with Gasteiger partial charge < -0.3 is 9.42 Å². The van der Waals surface area contributed by atoms with Crippen LogP contribution in [-0.4, -0.2) is 33.5 Å². The molecule has 0 unspecified atom stereocenters. The van der Waals surface area contributed by atoms with Crippen molar-refractivity contribution in [3.63, 3.8) is 0 Å². The van der Waals surface area contributed by atoms with E-state index >= 15 is 0 Å². The monoisotopic (exact) mass is 327 g/mol. The average molecular weight is 327 g/mol. The molecule has 1 fully saturated rings. The van der Waals surface area contributed by atoms with E-state index < -0.39 is 0 Å². The number of carbonyl (C=O) groups excluding carboxylic acids is 1. The van der Waals surface area contributed by atoms with E-state index in [1.165, 1.54) is 5.56 Å². The molecule has 3 rings (SSSR count). The zero-order chi connectivity index (χ0) is 16.9. The van der Waals surface area contributed by atoms with Gasteiger partial charge in [0, 0.05) is 37.0 Å². The number of amides is 1. The second-order valence-electron chi connectivity index (χ2n) is 6.58. The van der Waals surface area contributed by atoms with Gasteiger partial charge in [0.15, 0.2) is 0 Å². The van der Waals surface area contributed by atoms with Crippen LogP contribution in [0.4, 0.5) is 0 Å². The Balaban J connectivity index is 1.53. The molecule has 1 amide bonds. The Morgan fingerprint density at radius 2 is 2.08 bits per heavy atom. The van der Waals surface area contributed by atoms with Gasteiger partial charge in [-0.3, -0.25) is 9.78 Å². The number of nitrogens with zero attached hydrogens (tertiary/aromatic N) is 3. The number of hydrogen-bond acceptors (Lipinski definition) is 4. The molecule has 0 bridgehead atoms. The minimum atomic E-state index is 0.257. The van der Waals surface area contributed by atoms with Gasteiger partial charge in [-0.15, -0.1) is 0 Å². The first kappa shape index (κ1) is 16.7. The lowest BCUT2D eigenvalue weighted by atomic mass is 10.0. The summed E-state index contributed by atoms with van der Waals surface area (Å²) in [5, 5.41) is 3.96. The summed E-state index contributed by atoms with van der Waals surface area (Å²) >= 11 is 0. The molecule has 2 aromatic rings. The van der Waals surface area contributed by atoms with Crippen molar-refractivity contribution in [2.45, 2.75) is 58.4 Å².